The number of hydrogen-bond acceptors (Lipinski definition) is 2. The van der Waals surface area contributed by atoms with Crippen molar-refractivity contribution in [2.24, 2.45) is 0 Å². The quantitative estimate of drug-likeness (QED) is 0.822. The summed E-state index contributed by atoms with van der Waals surface area (Å²) in [5.41, 5.74) is 3.44. The van der Waals surface area contributed by atoms with Gasteiger partial charge in [0, 0.05) is 5.56 Å². The summed E-state index contributed by atoms with van der Waals surface area (Å²) < 4.78 is 14.0. The standard InChI is InChI=1S/C9H9BrFNO/c10-7-3-1-2-6(9(7)11)8-4-5-13-12-8/h1-3,8,12H,4-5H2/t8-/m1/s1. The van der Waals surface area contributed by atoms with Gasteiger partial charge in [-0.3, -0.25) is 0 Å². The third kappa shape index (κ3) is 1.75. The Hall–Kier alpha value is -0.450. The SMILES string of the molecule is Fc1c(Br)cccc1[C@H]1CCON1. The van der Waals surface area contributed by atoms with Crippen LogP contribution >= 0.6 is 15.9 Å². The van der Waals surface area contributed by atoms with Crippen LogP contribution < -0.4 is 5.48 Å². The molecule has 2 nitrogen and oxygen atoms in total. The van der Waals surface area contributed by atoms with Gasteiger partial charge in [-0.25, -0.2) is 4.39 Å². The summed E-state index contributed by atoms with van der Waals surface area (Å²) in [6, 6.07) is 5.27. The number of rotatable bonds is 1. The van der Waals surface area contributed by atoms with Crippen LogP contribution in [-0.4, -0.2) is 6.61 Å². The van der Waals surface area contributed by atoms with Crippen LogP contribution in [0.2, 0.25) is 0 Å². The highest BCUT2D eigenvalue weighted by molar-refractivity contribution is 9.10. The second kappa shape index (κ2) is 3.74. The van der Waals surface area contributed by atoms with E-state index in [9.17, 15) is 4.39 Å². The zero-order valence-electron chi connectivity index (χ0n) is 6.89. The molecular weight excluding hydrogens is 237 g/mol. The summed E-state index contributed by atoms with van der Waals surface area (Å²) >= 11 is 3.15. The minimum absolute atomic E-state index is 0.0162. The summed E-state index contributed by atoms with van der Waals surface area (Å²) in [6.45, 7) is 0.636. The van der Waals surface area contributed by atoms with Gasteiger partial charge in [-0.2, -0.15) is 5.48 Å². The lowest BCUT2D eigenvalue weighted by Crippen LogP contribution is -2.13. The van der Waals surface area contributed by atoms with E-state index < -0.39 is 0 Å². The van der Waals surface area contributed by atoms with Gasteiger partial charge in [0.1, 0.15) is 5.82 Å². The lowest BCUT2D eigenvalue weighted by Gasteiger charge is -2.10. The number of nitrogens with one attached hydrogen (secondary N) is 1. The lowest BCUT2D eigenvalue weighted by molar-refractivity contribution is 0.0877. The third-order valence-corrected chi connectivity index (χ3v) is 2.70. The Labute approximate surface area is 84.2 Å². The maximum atomic E-state index is 13.5. The summed E-state index contributed by atoms with van der Waals surface area (Å²) in [5, 5.41) is 0. The van der Waals surface area contributed by atoms with Crippen LogP contribution in [0.15, 0.2) is 22.7 Å². The zero-order chi connectivity index (χ0) is 9.26. The Bertz CT molecular complexity index is 312. The van der Waals surface area contributed by atoms with Crippen molar-refractivity contribution in [3.63, 3.8) is 0 Å². The molecule has 0 spiro atoms. The molecule has 4 heteroatoms. The molecule has 0 aromatic heterocycles. The Morgan fingerprint density at radius 1 is 1.54 bits per heavy atom. The van der Waals surface area contributed by atoms with E-state index in [0.717, 1.165) is 6.42 Å². The van der Waals surface area contributed by atoms with E-state index in [4.69, 9.17) is 4.84 Å². The first-order chi connectivity index (χ1) is 6.29. The maximum absolute atomic E-state index is 13.5. The first kappa shape index (κ1) is 9.12. The van der Waals surface area contributed by atoms with Gasteiger partial charge in [-0.15, -0.1) is 0 Å². The molecule has 0 radical (unpaired) electrons. The molecule has 0 bridgehead atoms. The van der Waals surface area contributed by atoms with Gasteiger partial charge >= 0.3 is 0 Å². The van der Waals surface area contributed by atoms with Crippen LogP contribution in [0.25, 0.3) is 0 Å². The zero-order valence-corrected chi connectivity index (χ0v) is 8.47. The largest absolute Gasteiger partial charge is 0.301 e. The fourth-order valence-electron chi connectivity index (χ4n) is 1.40. The van der Waals surface area contributed by atoms with Crippen LogP contribution in [0.3, 0.4) is 0 Å². The van der Waals surface area contributed by atoms with E-state index in [-0.39, 0.29) is 11.9 Å². The number of halogens is 2. The molecule has 1 saturated heterocycles. The van der Waals surface area contributed by atoms with Gasteiger partial charge in [0.2, 0.25) is 0 Å². The predicted octanol–water partition coefficient (Wildman–Crippen LogP) is 2.55. The molecule has 1 heterocycles. The van der Waals surface area contributed by atoms with Gasteiger partial charge in [-0.1, -0.05) is 12.1 Å². The summed E-state index contributed by atoms with van der Waals surface area (Å²) in [6.07, 6.45) is 0.813. The Morgan fingerprint density at radius 3 is 3.08 bits per heavy atom. The molecule has 1 atom stereocenters. The molecule has 1 fully saturated rings. The van der Waals surface area contributed by atoms with Crippen LogP contribution in [0.1, 0.15) is 18.0 Å². The van der Waals surface area contributed by atoms with Gasteiger partial charge in [0.15, 0.2) is 0 Å². The van der Waals surface area contributed by atoms with E-state index in [0.29, 0.717) is 16.6 Å². The Balaban J connectivity index is 2.33. The molecular formula is C9H9BrFNO. The highest BCUT2D eigenvalue weighted by atomic mass is 79.9. The third-order valence-electron chi connectivity index (χ3n) is 2.09. The normalized spacial score (nSPS) is 22.2. The van der Waals surface area contributed by atoms with Crippen LogP contribution in [0.4, 0.5) is 4.39 Å². The van der Waals surface area contributed by atoms with Crippen molar-refractivity contribution in [2.75, 3.05) is 6.61 Å². The summed E-state index contributed by atoms with van der Waals surface area (Å²) in [4.78, 5) is 4.97. The van der Waals surface area contributed by atoms with Crippen molar-refractivity contribution in [1.29, 1.82) is 0 Å². The minimum Gasteiger partial charge on any atom is -0.301 e. The maximum Gasteiger partial charge on any atom is 0.142 e. The lowest BCUT2D eigenvalue weighted by atomic mass is 10.1. The van der Waals surface area contributed by atoms with Crippen LogP contribution in [0, 0.1) is 5.82 Å². The van der Waals surface area contributed by atoms with E-state index in [1.165, 1.54) is 0 Å². The molecule has 1 aliphatic heterocycles. The van der Waals surface area contributed by atoms with E-state index >= 15 is 0 Å². The molecule has 0 saturated carbocycles. The Morgan fingerprint density at radius 2 is 2.38 bits per heavy atom. The first-order valence-corrected chi connectivity index (χ1v) is 4.89. The fraction of sp³-hybridized carbons (Fsp3) is 0.333. The second-order valence-electron chi connectivity index (χ2n) is 2.95. The van der Waals surface area contributed by atoms with Crippen LogP contribution in [-0.2, 0) is 4.84 Å². The number of hydrogen-bond donors (Lipinski definition) is 1. The molecule has 0 unspecified atom stereocenters. The molecule has 1 N–H and O–H groups in total. The van der Waals surface area contributed by atoms with Gasteiger partial charge in [-0.05, 0) is 28.4 Å². The average Bonchev–Trinajstić information content (AvgIpc) is 2.62. The molecule has 1 aromatic rings. The van der Waals surface area contributed by atoms with E-state index in [1.807, 2.05) is 6.07 Å². The van der Waals surface area contributed by atoms with Crippen molar-refractivity contribution in [1.82, 2.24) is 5.48 Å². The van der Waals surface area contributed by atoms with Crippen molar-refractivity contribution in [2.45, 2.75) is 12.5 Å². The highest BCUT2D eigenvalue weighted by Gasteiger charge is 2.21. The van der Waals surface area contributed by atoms with Crippen molar-refractivity contribution in [3.05, 3.63) is 34.1 Å². The molecule has 0 amide bonds. The molecule has 1 aromatic carbocycles. The van der Waals surface area contributed by atoms with Gasteiger partial charge in [0.05, 0.1) is 17.1 Å². The fourth-order valence-corrected chi connectivity index (χ4v) is 1.79. The summed E-state index contributed by atoms with van der Waals surface area (Å²) in [7, 11) is 0. The molecule has 13 heavy (non-hydrogen) atoms. The van der Waals surface area contributed by atoms with Crippen molar-refractivity contribution < 1.29 is 9.23 Å². The Kier molecular flexibility index (Phi) is 2.62. The number of benzene rings is 1. The molecule has 70 valence electrons. The first-order valence-electron chi connectivity index (χ1n) is 4.10. The smallest absolute Gasteiger partial charge is 0.142 e. The van der Waals surface area contributed by atoms with Gasteiger partial charge < -0.3 is 4.84 Å². The van der Waals surface area contributed by atoms with Crippen molar-refractivity contribution >= 4 is 15.9 Å². The average molecular weight is 246 g/mol. The second-order valence-corrected chi connectivity index (χ2v) is 3.80. The monoisotopic (exact) mass is 245 g/mol. The van der Waals surface area contributed by atoms with E-state index in [1.54, 1.807) is 12.1 Å². The summed E-state index contributed by atoms with van der Waals surface area (Å²) in [5.74, 6) is -0.203. The molecule has 1 aliphatic rings. The topological polar surface area (TPSA) is 21.3 Å². The number of hydroxylamine groups is 1. The predicted molar refractivity (Wildman–Crippen MR) is 50.5 cm³/mol. The highest BCUT2D eigenvalue weighted by Crippen LogP contribution is 2.27. The van der Waals surface area contributed by atoms with Gasteiger partial charge in [0.25, 0.3) is 0 Å². The molecule has 0 aliphatic carbocycles. The minimum atomic E-state index is -0.203. The van der Waals surface area contributed by atoms with E-state index in [2.05, 4.69) is 21.4 Å². The van der Waals surface area contributed by atoms with Crippen LogP contribution in [0.5, 0.6) is 0 Å². The van der Waals surface area contributed by atoms with Crippen molar-refractivity contribution in [3.8, 4) is 0 Å². The molecule has 2 rings (SSSR count).